The molecule has 1 aromatic heterocycles. The minimum atomic E-state index is -0.226. The van der Waals surface area contributed by atoms with E-state index in [1.807, 2.05) is 6.07 Å². The first kappa shape index (κ1) is 9.26. The largest absolute Gasteiger partial charge is 0.452 e. The molecule has 15 heavy (non-hydrogen) atoms. The van der Waals surface area contributed by atoms with Crippen LogP contribution in [-0.4, -0.2) is 11.7 Å². The fraction of sp³-hybridized carbons (Fsp3) is 0. The smallest absolute Gasteiger partial charge is 0.180 e. The van der Waals surface area contributed by atoms with E-state index in [4.69, 9.17) is 26.7 Å². The van der Waals surface area contributed by atoms with E-state index in [9.17, 15) is 0 Å². The van der Waals surface area contributed by atoms with Gasteiger partial charge in [0.15, 0.2) is 11.6 Å². The predicted octanol–water partition coefficient (Wildman–Crippen LogP) is 1.00. The Bertz CT molecular complexity index is 556. The standard InChI is InChI=1S/C10H10N4O/c11-9(12)7-5-3-1-2-4-6(5)15-8(7)10(13)14/h1-4H,(H3,11,12)(H3,13,14). The van der Waals surface area contributed by atoms with Crippen LogP contribution in [0.15, 0.2) is 28.7 Å². The molecule has 0 aliphatic rings. The Morgan fingerprint density at radius 2 is 1.73 bits per heavy atom. The van der Waals surface area contributed by atoms with Gasteiger partial charge < -0.3 is 15.9 Å². The fourth-order valence-corrected chi connectivity index (χ4v) is 1.50. The molecule has 0 amide bonds. The first-order chi connectivity index (χ1) is 7.11. The summed E-state index contributed by atoms with van der Waals surface area (Å²) in [4.78, 5) is 0. The molecular weight excluding hydrogens is 192 g/mol. The molecule has 2 aromatic rings. The van der Waals surface area contributed by atoms with Gasteiger partial charge in [-0.05, 0) is 6.07 Å². The minimum absolute atomic E-state index is 0.148. The van der Waals surface area contributed by atoms with E-state index in [1.54, 1.807) is 18.2 Å². The molecule has 0 radical (unpaired) electrons. The highest BCUT2D eigenvalue weighted by atomic mass is 16.3. The molecule has 5 heteroatoms. The summed E-state index contributed by atoms with van der Waals surface area (Å²) in [6.45, 7) is 0. The van der Waals surface area contributed by atoms with Crippen molar-refractivity contribution >= 4 is 22.6 Å². The van der Waals surface area contributed by atoms with Crippen molar-refractivity contribution in [3.05, 3.63) is 35.6 Å². The monoisotopic (exact) mass is 202 g/mol. The third-order valence-corrected chi connectivity index (χ3v) is 2.11. The zero-order valence-electron chi connectivity index (χ0n) is 7.87. The van der Waals surface area contributed by atoms with Gasteiger partial charge in [-0.3, -0.25) is 10.8 Å². The maximum Gasteiger partial charge on any atom is 0.180 e. The Morgan fingerprint density at radius 1 is 1.07 bits per heavy atom. The van der Waals surface area contributed by atoms with Crippen LogP contribution in [0.25, 0.3) is 11.0 Å². The lowest BCUT2D eigenvalue weighted by Crippen LogP contribution is -2.18. The zero-order valence-corrected chi connectivity index (χ0v) is 7.87. The molecule has 2 rings (SSSR count). The fourth-order valence-electron chi connectivity index (χ4n) is 1.50. The van der Waals surface area contributed by atoms with E-state index >= 15 is 0 Å². The second kappa shape index (κ2) is 3.13. The zero-order chi connectivity index (χ0) is 11.0. The van der Waals surface area contributed by atoms with Crippen molar-refractivity contribution in [2.24, 2.45) is 11.5 Å². The normalized spacial score (nSPS) is 10.4. The van der Waals surface area contributed by atoms with Crippen LogP contribution in [0.2, 0.25) is 0 Å². The van der Waals surface area contributed by atoms with Crippen molar-refractivity contribution in [2.45, 2.75) is 0 Å². The molecule has 0 unspecified atom stereocenters. The summed E-state index contributed by atoms with van der Waals surface area (Å²) in [5.41, 5.74) is 11.8. The second-order valence-electron chi connectivity index (χ2n) is 3.13. The molecule has 0 aliphatic heterocycles. The molecule has 6 N–H and O–H groups in total. The summed E-state index contributed by atoms with van der Waals surface area (Å²) in [5, 5.41) is 15.5. The van der Waals surface area contributed by atoms with Crippen LogP contribution < -0.4 is 11.5 Å². The van der Waals surface area contributed by atoms with Crippen molar-refractivity contribution < 1.29 is 4.42 Å². The van der Waals surface area contributed by atoms with E-state index < -0.39 is 0 Å². The Hall–Kier alpha value is -2.30. The van der Waals surface area contributed by atoms with Crippen LogP contribution in [0.1, 0.15) is 11.3 Å². The molecule has 5 nitrogen and oxygen atoms in total. The molecule has 0 spiro atoms. The first-order valence-electron chi connectivity index (χ1n) is 4.31. The predicted molar refractivity (Wildman–Crippen MR) is 58.2 cm³/mol. The Morgan fingerprint density at radius 3 is 2.33 bits per heavy atom. The average molecular weight is 202 g/mol. The Kier molecular flexibility index (Phi) is 1.93. The molecule has 0 saturated carbocycles. The van der Waals surface area contributed by atoms with E-state index in [2.05, 4.69) is 0 Å². The lowest BCUT2D eigenvalue weighted by Gasteiger charge is -1.97. The molecule has 0 atom stereocenters. The lowest BCUT2D eigenvalue weighted by molar-refractivity contribution is 0.602. The van der Waals surface area contributed by atoms with Crippen LogP contribution in [-0.2, 0) is 0 Å². The quantitative estimate of drug-likeness (QED) is 0.430. The average Bonchev–Trinajstić information content (AvgIpc) is 2.56. The third kappa shape index (κ3) is 1.34. The van der Waals surface area contributed by atoms with E-state index in [1.165, 1.54) is 0 Å². The second-order valence-corrected chi connectivity index (χ2v) is 3.13. The summed E-state index contributed by atoms with van der Waals surface area (Å²) in [6, 6.07) is 7.14. The highest BCUT2D eigenvalue weighted by molar-refractivity contribution is 6.14. The van der Waals surface area contributed by atoms with E-state index in [-0.39, 0.29) is 17.4 Å². The Labute approximate surface area is 85.7 Å². The van der Waals surface area contributed by atoms with Gasteiger partial charge in [-0.1, -0.05) is 18.2 Å². The number of hydrogen-bond donors (Lipinski definition) is 4. The molecule has 0 fully saturated rings. The van der Waals surface area contributed by atoms with E-state index in [0.717, 1.165) is 0 Å². The van der Waals surface area contributed by atoms with Gasteiger partial charge in [-0.25, -0.2) is 0 Å². The number of hydrogen-bond acceptors (Lipinski definition) is 3. The molecule has 76 valence electrons. The van der Waals surface area contributed by atoms with Crippen molar-refractivity contribution in [3.63, 3.8) is 0 Å². The summed E-state index contributed by atoms with van der Waals surface area (Å²) < 4.78 is 5.35. The number of fused-ring (bicyclic) bond motifs is 1. The number of furan rings is 1. The van der Waals surface area contributed by atoms with Crippen molar-refractivity contribution in [2.75, 3.05) is 0 Å². The maximum absolute atomic E-state index is 7.43. The first-order valence-corrected chi connectivity index (χ1v) is 4.31. The highest BCUT2D eigenvalue weighted by Crippen LogP contribution is 2.24. The summed E-state index contributed by atoms with van der Waals surface area (Å²) >= 11 is 0. The van der Waals surface area contributed by atoms with Gasteiger partial charge in [0.2, 0.25) is 0 Å². The number of nitrogens with two attached hydrogens (primary N) is 2. The van der Waals surface area contributed by atoms with Crippen LogP contribution in [0.4, 0.5) is 0 Å². The summed E-state index contributed by atoms with van der Waals surface area (Å²) in [6.07, 6.45) is 0. The number of para-hydroxylation sites is 1. The highest BCUT2D eigenvalue weighted by Gasteiger charge is 2.17. The van der Waals surface area contributed by atoms with Gasteiger partial charge >= 0.3 is 0 Å². The summed E-state index contributed by atoms with van der Waals surface area (Å²) in [5.74, 6) is -0.217. The number of nitrogen functional groups attached to an aromatic ring is 2. The van der Waals surface area contributed by atoms with Crippen LogP contribution in [0.5, 0.6) is 0 Å². The van der Waals surface area contributed by atoms with Gasteiger partial charge in [0, 0.05) is 5.39 Å². The SMILES string of the molecule is N=C(N)c1oc2ccccc2c1C(=N)N. The maximum atomic E-state index is 7.43. The van der Waals surface area contributed by atoms with E-state index in [0.29, 0.717) is 16.5 Å². The topological polar surface area (TPSA) is 113 Å². The Balaban J connectivity index is 2.86. The van der Waals surface area contributed by atoms with Gasteiger partial charge in [0.05, 0.1) is 5.56 Å². The van der Waals surface area contributed by atoms with Crippen LogP contribution >= 0.6 is 0 Å². The van der Waals surface area contributed by atoms with Gasteiger partial charge in [-0.15, -0.1) is 0 Å². The number of nitrogens with one attached hydrogen (secondary N) is 2. The molecule has 1 heterocycles. The molecular formula is C10H10N4O. The van der Waals surface area contributed by atoms with Crippen molar-refractivity contribution in [1.29, 1.82) is 10.8 Å². The van der Waals surface area contributed by atoms with Gasteiger partial charge in [-0.2, -0.15) is 0 Å². The van der Waals surface area contributed by atoms with Gasteiger partial charge in [0.1, 0.15) is 11.4 Å². The van der Waals surface area contributed by atoms with Gasteiger partial charge in [0.25, 0.3) is 0 Å². The van der Waals surface area contributed by atoms with Crippen molar-refractivity contribution in [3.8, 4) is 0 Å². The number of rotatable bonds is 2. The van der Waals surface area contributed by atoms with Crippen LogP contribution in [0.3, 0.4) is 0 Å². The molecule has 0 saturated heterocycles. The van der Waals surface area contributed by atoms with Crippen molar-refractivity contribution in [1.82, 2.24) is 0 Å². The molecule has 1 aromatic carbocycles. The number of amidine groups is 2. The lowest BCUT2D eigenvalue weighted by atomic mass is 10.1. The third-order valence-electron chi connectivity index (χ3n) is 2.11. The van der Waals surface area contributed by atoms with Crippen LogP contribution in [0, 0.1) is 10.8 Å². The minimum Gasteiger partial charge on any atom is -0.452 e. The number of benzene rings is 1. The molecule has 0 bridgehead atoms. The molecule has 0 aliphatic carbocycles. The summed E-state index contributed by atoms with van der Waals surface area (Å²) in [7, 11) is 0.